The lowest BCUT2D eigenvalue weighted by Gasteiger charge is -2.29. The fourth-order valence-electron chi connectivity index (χ4n) is 2.36. The molecular weight excluding hydrogens is 323 g/mol. The molecular formula is C18H25FN4S. The molecule has 0 aliphatic rings. The predicted octanol–water partition coefficient (Wildman–Crippen LogP) is 4.84. The van der Waals surface area contributed by atoms with Crippen LogP contribution in [0.5, 0.6) is 0 Å². The van der Waals surface area contributed by atoms with Gasteiger partial charge in [0, 0.05) is 32.0 Å². The van der Waals surface area contributed by atoms with Crippen LogP contribution in [0.2, 0.25) is 0 Å². The lowest BCUT2D eigenvalue weighted by atomic mass is 10.2. The van der Waals surface area contributed by atoms with Crippen LogP contribution in [0.15, 0.2) is 42.2 Å². The number of benzene rings is 1. The topological polar surface area (TPSA) is 31.4 Å². The van der Waals surface area contributed by atoms with Crippen molar-refractivity contribution in [2.45, 2.75) is 26.7 Å². The van der Waals surface area contributed by atoms with Gasteiger partial charge in [0.25, 0.3) is 0 Å². The van der Waals surface area contributed by atoms with Crippen LogP contribution in [0.3, 0.4) is 0 Å². The number of fused-ring (bicyclic) bond motifs is 1. The minimum Gasteiger partial charge on any atom is -0.354 e. The molecule has 0 radical (unpaired) electrons. The Kier molecular flexibility index (Phi) is 6.75. The maximum Gasteiger partial charge on any atom is 0.148 e. The molecule has 0 aliphatic heterocycles. The van der Waals surface area contributed by atoms with E-state index in [9.17, 15) is 4.39 Å². The standard InChI is InChI=1S/C18H25FN4S/c1-5-7-9-23(6-2)22(4)10-8-14(3)21-16-12-17-18(11-15(16)19)24-13-20-17/h8,10-13,21H,3,5-7,9H2,1-2,4H3/b10-8-. The lowest BCUT2D eigenvalue weighted by molar-refractivity contribution is 0.0517. The Bertz CT molecular complexity index is 710. The molecule has 2 aromatic rings. The molecule has 1 aromatic carbocycles. The Balaban J connectivity index is 1.99. The molecule has 1 heterocycles. The van der Waals surface area contributed by atoms with E-state index in [-0.39, 0.29) is 5.82 Å². The van der Waals surface area contributed by atoms with Crippen LogP contribution in [0.25, 0.3) is 10.2 Å². The zero-order valence-corrected chi connectivity index (χ0v) is 15.4. The molecule has 0 bridgehead atoms. The van der Waals surface area contributed by atoms with E-state index in [1.54, 1.807) is 11.6 Å². The number of halogens is 1. The van der Waals surface area contributed by atoms with Crippen LogP contribution < -0.4 is 5.32 Å². The van der Waals surface area contributed by atoms with Gasteiger partial charge in [-0.1, -0.05) is 26.8 Å². The van der Waals surface area contributed by atoms with Gasteiger partial charge in [-0.3, -0.25) is 0 Å². The average Bonchev–Trinajstić information content (AvgIpc) is 3.01. The Morgan fingerprint density at radius 2 is 2.21 bits per heavy atom. The van der Waals surface area contributed by atoms with E-state index in [4.69, 9.17) is 0 Å². The highest BCUT2D eigenvalue weighted by Gasteiger charge is 2.07. The maximum atomic E-state index is 14.1. The molecule has 0 saturated heterocycles. The summed E-state index contributed by atoms with van der Waals surface area (Å²) >= 11 is 1.43. The Hall–Kier alpha value is -1.92. The monoisotopic (exact) mass is 348 g/mol. The molecule has 1 aromatic heterocycles. The quantitative estimate of drug-likeness (QED) is 0.519. The second-order valence-electron chi connectivity index (χ2n) is 5.59. The number of unbranched alkanes of at least 4 members (excludes halogenated alkanes) is 1. The molecule has 1 N–H and O–H groups in total. The van der Waals surface area contributed by atoms with Crippen LogP contribution in [-0.2, 0) is 0 Å². The van der Waals surface area contributed by atoms with Crippen molar-refractivity contribution in [2.75, 3.05) is 25.5 Å². The van der Waals surface area contributed by atoms with Gasteiger partial charge in [0.15, 0.2) is 0 Å². The second-order valence-corrected chi connectivity index (χ2v) is 6.48. The number of nitrogens with one attached hydrogen (secondary N) is 1. The first-order valence-corrected chi connectivity index (χ1v) is 9.07. The fraction of sp³-hybridized carbons (Fsp3) is 0.389. The minimum absolute atomic E-state index is 0.298. The normalized spacial score (nSPS) is 11.5. The van der Waals surface area contributed by atoms with Gasteiger partial charge in [-0.15, -0.1) is 11.3 Å². The van der Waals surface area contributed by atoms with E-state index in [0.717, 1.165) is 29.7 Å². The SMILES string of the molecule is C=C(/C=C\N(C)N(CC)CCCC)Nc1cc2ncsc2cc1F. The molecule has 2 rings (SSSR count). The number of hydrogen-bond donors (Lipinski definition) is 1. The second kappa shape index (κ2) is 8.80. The summed E-state index contributed by atoms with van der Waals surface area (Å²) in [5.41, 5.74) is 3.52. The summed E-state index contributed by atoms with van der Waals surface area (Å²) in [6.07, 6.45) is 6.11. The van der Waals surface area contributed by atoms with Crippen LogP contribution in [0.4, 0.5) is 10.1 Å². The number of hydrazine groups is 1. The third-order valence-corrected chi connectivity index (χ3v) is 4.58. The highest BCUT2D eigenvalue weighted by molar-refractivity contribution is 7.16. The van der Waals surface area contributed by atoms with E-state index in [1.807, 2.05) is 24.3 Å². The van der Waals surface area contributed by atoms with Gasteiger partial charge < -0.3 is 10.3 Å². The molecule has 0 unspecified atom stereocenters. The van der Waals surface area contributed by atoms with Crippen molar-refractivity contribution < 1.29 is 4.39 Å². The number of aromatic nitrogens is 1. The number of thiazole rings is 1. The Morgan fingerprint density at radius 3 is 2.92 bits per heavy atom. The van der Waals surface area contributed by atoms with E-state index in [0.29, 0.717) is 11.4 Å². The number of nitrogens with zero attached hydrogens (tertiary/aromatic N) is 3. The third kappa shape index (κ3) is 4.79. The summed E-state index contributed by atoms with van der Waals surface area (Å²) < 4.78 is 15.0. The van der Waals surface area contributed by atoms with Crippen molar-refractivity contribution in [1.82, 2.24) is 15.0 Å². The van der Waals surface area contributed by atoms with E-state index in [2.05, 4.69) is 35.7 Å². The molecule has 0 fully saturated rings. The highest BCUT2D eigenvalue weighted by atomic mass is 32.1. The van der Waals surface area contributed by atoms with Crippen molar-refractivity contribution in [3.8, 4) is 0 Å². The molecule has 0 saturated carbocycles. The first-order chi connectivity index (χ1) is 11.5. The van der Waals surface area contributed by atoms with Gasteiger partial charge in [-0.05, 0) is 24.6 Å². The maximum absolute atomic E-state index is 14.1. The molecule has 130 valence electrons. The van der Waals surface area contributed by atoms with Crippen molar-refractivity contribution >= 4 is 27.2 Å². The Labute approximate surface area is 147 Å². The van der Waals surface area contributed by atoms with Gasteiger partial charge >= 0.3 is 0 Å². The van der Waals surface area contributed by atoms with Gasteiger partial charge in [0.05, 0.1) is 21.4 Å². The first kappa shape index (κ1) is 18.4. The predicted molar refractivity (Wildman–Crippen MR) is 101 cm³/mol. The number of rotatable bonds is 9. The number of allylic oxidation sites excluding steroid dienone is 1. The van der Waals surface area contributed by atoms with Crippen molar-refractivity contribution in [2.24, 2.45) is 0 Å². The first-order valence-electron chi connectivity index (χ1n) is 8.19. The molecule has 0 amide bonds. The molecule has 4 nitrogen and oxygen atoms in total. The van der Waals surface area contributed by atoms with Crippen LogP contribution in [0, 0.1) is 5.82 Å². The van der Waals surface area contributed by atoms with Gasteiger partial charge in [-0.25, -0.2) is 14.4 Å². The van der Waals surface area contributed by atoms with Gasteiger partial charge in [0.1, 0.15) is 5.82 Å². The largest absolute Gasteiger partial charge is 0.354 e. The van der Waals surface area contributed by atoms with Gasteiger partial charge in [-0.2, -0.15) is 0 Å². The smallest absolute Gasteiger partial charge is 0.148 e. The van der Waals surface area contributed by atoms with Crippen LogP contribution >= 0.6 is 11.3 Å². The molecule has 0 aliphatic carbocycles. The van der Waals surface area contributed by atoms with Crippen molar-refractivity contribution in [3.63, 3.8) is 0 Å². The molecule has 24 heavy (non-hydrogen) atoms. The Morgan fingerprint density at radius 1 is 1.42 bits per heavy atom. The minimum atomic E-state index is -0.298. The molecule has 0 spiro atoms. The molecule has 6 heteroatoms. The molecule has 0 atom stereocenters. The van der Waals surface area contributed by atoms with Crippen molar-refractivity contribution in [1.29, 1.82) is 0 Å². The van der Waals surface area contributed by atoms with Crippen LogP contribution in [0.1, 0.15) is 26.7 Å². The summed E-state index contributed by atoms with van der Waals surface area (Å²) in [5, 5.41) is 7.30. The number of hydrogen-bond acceptors (Lipinski definition) is 5. The summed E-state index contributed by atoms with van der Waals surface area (Å²) in [6, 6.07) is 3.21. The number of anilines is 1. The zero-order chi connectivity index (χ0) is 17.5. The summed E-state index contributed by atoms with van der Waals surface area (Å²) in [6.45, 7) is 10.2. The lowest BCUT2D eigenvalue weighted by Crippen LogP contribution is -2.36. The van der Waals surface area contributed by atoms with Crippen LogP contribution in [-0.4, -0.2) is 35.1 Å². The fourth-order valence-corrected chi connectivity index (χ4v) is 3.04. The van der Waals surface area contributed by atoms with Crippen molar-refractivity contribution in [3.05, 3.63) is 48.0 Å². The average molecular weight is 348 g/mol. The summed E-state index contributed by atoms with van der Waals surface area (Å²) in [7, 11) is 2.00. The van der Waals surface area contributed by atoms with Gasteiger partial charge in [0.2, 0.25) is 0 Å². The highest BCUT2D eigenvalue weighted by Crippen LogP contribution is 2.25. The van der Waals surface area contributed by atoms with E-state index in [1.165, 1.54) is 23.8 Å². The van der Waals surface area contributed by atoms with E-state index < -0.39 is 0 Å². The third-order valence-electron chi connectivity index (χ3n) is 3.79. The summed E-state index contributed by atoms with van der Waals surface area (Å²) in [4.78, 5) is 4.21. The summed E-state index contributed by atoms with van der Waals surface area (Å²) in [5.74, 6) is -0.298. The van der Waals surface area contributed by atoms with E-state index >= 15 is 0 Å². The zero-order valence-electron chi connectivity index (χ0n) is 14.6.